The van der Waals surface area contributed by atoms with Gasteiger partial charge in [-0.1, -0.05) is 18.2 Å². The van der Waals surface area contributed by atoms with Gasteiger partial charge in [0.25, 0.3) is 0 Å². The highest BCUT2D eigenvalue weighted by molar-refractivity contribution is 5.79. The molecule has 0 spiro atoms. The molecule has 158 valence electrons. The zero-order valence-corrected chi connectivity index (χ0v) is 17.6. The van der Waals surface area contributed by atoms with Gasteiger partial charge in [0.1, 0.15) is 17.6 Å². The summed E-state index contributed by atoms with van der Waals surface area (Å²) in [4.78, 5) is 20.6. The van der Waals surface area contributed by atoms with Crippen molar-refractivity contribution < 1.29 is 13.9 Å². The molecule has 0 unspecified atom stereocenters. The molecule has 0 bridgehead atoms. The summed E-state index contributed by atoms with van der Waals surface area (Å²) in [5, 5.41) is 9.17. The maximum atomic E-state index is 11.6. The minimum atomic E-state index is -0.491. The lowest BCUT2D eigenvalue weighted by atomic mass is 10.2. The Morgan fingerprint density at radius 1 is 1.14 bits per heavy atom. The Morgan fingerprint density at radius 2 is 1.86 bits per heavy atom. The third kappa shape index (κ3) is 8.68. The van der Waals surface area contributed by atoms with Crippen molar-refractivity contribution in [2.45, 2.75) is 46.3 Å². The van der Waals surface area contributed by atoms with Gasteiger partial charge in [-0.2, -0.15) is 0 Å². The number of guanidine groups is 1. The number of aliphatic imine (C=N–C) groups is 1. The summed E-state index contributed by atoms with van der Waals surface area (Å²) >= 11 is 0. The Morgan fingerprint density at radius 3 is 2.55 bits per heavy atom. The Hall–Kier alpha value is -3.03. The molecule has 0 saturated heterocycles. The van der Waals surface area contributed by atoms with Crippen molar-refractivity contribution in [2.24, 2.45) is 4.99 Å². The van der Waals surface area contributed by atoms with E-state index < -0.39 is 11.7 Å². The number of hydrogen-bond acceptors (Lipinski definition) is 5. The Labute approximate surface area is 172 Å². The van der Waals surface area contributed by atoms with Gasteiger partial charge in [0.15, 0.2) is 5.96 Å². The molecule has 1 amide bonds. The number of carbonyl (C=O) groups is 1. The molecular weight excluding hydrogens is 370 g/mol. The Balaban J connectivity index is 1.77. The first-order valence-electron chi connectivity index (χ1n) is 9.86. The molecule has 8 heteroatoms. The van der Waals surface area contributed by atoms with Gasteiger partial charge in [-0.3, -0.25) is 0 Å². The molecule has 0 radical (unpaired) electrons. The number of nitrogens with zero attached hydrogens (tertiary/aromatic N) is 2. The highest BCUT2D eigenvalue weighted by atomic mass is 16.6. The zero-order chi connectivity index (χ0) is 21.1. The predicted molar refractivity (Wildman–Crippen MR) is 114 cm³/mol. The van der Waals surface area contributed by atoms with Crippen LogP contribution >= 0.6 is 0 Å². The molecule has 2 rings (SSSR count). The standard InChI is InChI=1S/C21H31N5O3/c1-5-22-19(23-12-9-13-24-20(27)29-21(2,3)4)25-14-17-15-28-18(26-17)16-10-7-6-8-11-16/h6-8,10-11,15H,5,9,12-14H2,1-4H3,(H,24,27)(H2,22,23,25). The molecule has 0 aliphatic carbocycles. The lowest BCUT2D eigenvalue weighted by Gasteiger charge is -2.19. The molecule has 0 aliphatic rings. The van der Waals surface area contributed by atoms with Crippen LogP contribution in [0.25, 0.3) is 11.5 Å². The predicted octanol–water partition coefficient (Wildman–Crippen LogP) is 3.31. The summed E-state index contributed by atoms with van der Waals surface area (Å²) in [7, 11) is 0. The molecule has 0 fully saturated rings. The lowest BCUT2D eigenvalue weighted by Crippen LogP contribution is -2.39. The lowest BCUT2D eigenvalue weighted by molar-refractivity contribution is 0.0527. The van der Waals surface area contributed by atoms with Gasteiger partial charge in [-0.15, -0.1) is 0 Å². The first-order chi connectivity index (χ1) is 13.9. The van der Waals surface area contributed by atoms with Crippen LogP contribution in [0.3, 0.4) is 0 Å². The topological polar surface area (TPSA) is 101 Å². The van der Waals surface area contributed by atoms with Gasteiger partial charge in [0.2, 0.25) is 5.89 Å². The maximum absolute atomic E-state index is 11.6. The van der Waals surface area contributed by atoms with Gasteiger partial charge < -0.3 is 25.1 Å². The first-order valence-corrected chi connectivity index (χ1v) is 9.86. The van der Waals surface area contributed by atoms with Crippen LogP contribution in [0, 0.1) is 0 Å². The minimum Gasteiger partial charge on any atom is -0.444 e. The van der Waals surface area contributed by atoms with Crippen LogP contribution in [0.5, 0.6) is 0 Å². The number of amides is 1. The van der Waals surface area contributed by atoms with Crippen LogP contribution in [-0.2, 0) is 11.3 Å². The monoisotopic (exact) mass is 401 g/mol. The van der Waals surface area contributed by atoms with Crippen LogP contribution in [0.15, 0.2) is 46.0 Å². The summed E-state index contributed by atoms with van der Waals surface area (Å²) in [6.45, 7) is 9.85. The van der Waals surface area contributed by atoms with Crippen LogP contribution < -0.4 is 16.0 Å². The van der Waals surface area contributed by atoms with Gasteiger partial charge in [0, 0.05) is 25.2 Å². The average Bonchev–Trinajstić information content (AvgIpc) is 3.14. The van der Waals surface area contributed by atoms with Crippen molar-refractivity contribution in [3.05, 3.63) is 42.3 Å². The quantitative estimate of drug-likeness (QED) is 0.356. The van der Waals surface area contributed by atoms with E-state index in [1.807, 2.05) is 58.0 Å². The van der Waals surface area contributed by atoms with E-state index in [9.17, 15) is 4.79 Å². The van der Waals surface area contributed by atoms with Crippen molar-refractivity contribution in [1.82, 2.24) is 20.9 Å². The van der Waals surface area contributed by atoms with E-state index in [0.29, 0.717) is 31.5 Å². The number of aromatic nitrogens is 1. The van der Waals surface area contributed by atoms with Crippen molar-refractivity contribution >= 4 is 12.1 Å². The number of alkyl carbamates (subject to hydrolysis) is 1. The van der Waals surface area contributed by atoms with E-state index in [-0.39, 0.29) is 0 Å². The van der Waals surface area contributed by atoms with Gasteiger partial charge in [-0.25, -0.2) is 14.8 Å². The van der Waals surface area contributed by atoms with E-state index >= 15 is 0 Å². The summed E-state index contributed by atoms with van der Waals surface area (Å²) in [5.74, 6) is 1.27. The second kappa shape index (κ2) is 11.1. The molecule has 0 aliphatic heterocycles. The maximum Gasteiger partial charge on any atom is 0.407 e. The molecule has 2 aromatic rings. The van der Waals surface area contributed by atoms with E-state index in [1.54, 1.807) is 6.26 Å². The molecule has 0 saturated carbocycles. The molecule has 1 aromatic carbocycles. The molecule has 0 atom stereocenters. The number of rotatable bonds is 8. The minimum absolute atomic E-state index is 0.404. The smallest absolute Gasteiger partial charge is 0.407 e. The summed E-state index contributed by atoms with van der Waals surface area (Å²) in [6, 6.07) is 9.76. The van der Waals surface area contributed by atoms with Crippen LogP contribution in [0.2, 0.25) is 0 Å². The van der Waals surface area contributed by atoms with Crippen molar-refractivity contribution in [1.29, 1.82) is 0 Å². The van der Waals surface area contributed by atoms with Crippen LogP contribution in [0.4, 0.5) is 4.79 Å². The van der Waals surface area contributed by atoms with E-state index in [4.69, 9.17) is 9.15 Å². The Bertz CT molecular complexity index is 781. The van der Waals surface area contributed by atoms with Crippen molar-refractivity contribution in [2.75, 3.05) is 19.6 Å². The molecule has 3 N–H and O–H groups in total. The number of benzene rings is 1. The number of carbonyl (C=O) groups excluding carboxylic acids is 1. The molecule has 1 heterocycles. The van der Waals surface area contributed by atoms with Gasteiger partial charge >= 0.3 is 6.09 Å². The van der Waals surface area contributed by atoms with E-state index in [1.165, 1.54) is 0 Å². The third-order valence-corrected chi connectivity index (χ3v) is 3.63. The zero-order valence-electron chi connectivity index (χ0n) is 17.6. The third-order valence-electron chi connectivity index (χ3n) is 3.63. The fourth-order valence-electron chi connectivity index (χ4n) is 2.39. The van der Waals surface area contributed by atoms with Gasteiger partial charge in [-0.05, 0) is 46.2 Å². The molecule has 29 heavy (non-hydrogen) atoms. The highest BCUT2D eigenvalue weighted by Gasteiger charge is 2.15. The van der Waals surface area contributed by atoms with Crippen LogP contribution in [0.1, 0.15) is 39.8 Å². The van der Waals surface area contributed by atoms with E-state index in [0.717, 1.165) is 24.2 Å². The molecule has 8 nitrogen and oxygen atoms in total. The van der Waals surface area contributed by atoms with Crippen molar-refractivity contribution in [3.8, 4) is 11.5 Å². The van der Waals surface area contributed by atoms with E-state index in [2.05, 4.69) is 25.9 Å². The molecule has 1 aromatic heterocycles. The number of hydrogen-bond donors (Lipinski definition) is 3. The second-order valence-corrected chi connectivity index (χ2v) is 7.41. The fourth-order valence-corrected chi connectivity index (χ4v) is 2.39. The first kappa shape index (κ1) is 22.3. The average molecular weight is 402 g/mol. The highest BCUT2D eigenvalue weighted by Crippen LogP contribution is 2.18. The largest absolute Gasteiger partial charge is 0.444 e. The van der Waals surface area contributed by atoms with Crippen LogP contribution in [-0.4, -0.2) is 42.3 Å². The Kier molecular flexibility index (Phi) is 8.51. The van der Waals surface area contributed by atoms with Crippen molar-refractivity contribution in [3.63, 3.8) is 0 Å². The normalized spacial score (nSPS) is 11.8. The van der Waals surface area contributed by atoms with Gasteiger partial charge in [0.05, 0.1) is 6.54 Å². The SMILES string of the molecule is CCNC(=NCc1coc(-c2ccccc2)n1)NCCCNC(=O)OC(C)(C)C. The summed E-state index contributed by atoms with van der Waals surface area (Å²) in [6.07, 6.45) is 1.96. The number of ether oxygens (including phenoxy) is 1. The number of nitrogens with one attached hydrogen (secondary N) is 3. The number of oxazole rings is 1. The molecular formula is C21H31N5O3. The summed E-state index contributed by atoms with van der Waals surface area (Å²) < 4.78 is 10.7. The second-order valence-electron chi connectivity index (χ2n) is 7.41. The summed E-state index contributed by atoms with van der Waals surface area (Å²) in [5.41, 5.74) is 1.20. The fraction of sp³-hybridized carbons (Fsp3) is 0.476.